The number of urea groups is 1. The lowest BCUT2D eigenvalue weighted by Gasteiger charge is -2.23. The summed E-state index contributed by atoms with van der Waals surface area (Å²) in [6, 6.07) is 7.95. The number of amides is 4. The molecule has 0 spiro atoms. The van der Waals surface area contributed by atoms with Gasteiger partial charge in [-0.2, -0.15) is 0 Å². The van der Waals surface area contributed by atoms with Crippen molar-refractivity contribution in [3.63, 3.8) is 0 Å². The Balaban J connectivity index is 1.75. The lowest BCUT2D eigenvalue weighted by atomic mass is 9.92. The Morgan fingerprint density at radius 2 is 1.76 bits per heavy atom. The molecule has 1 saturated heterocycles. The number of halogens is 3. The Kier molecular flexibility index (Phi) is 5.32. The minimum absolute atomic E-state index is 0.0458. The van der Waals surface area contributed by atoms with Gasteiger partial charge in [0.15, 0.2) is 11.6 Å². The summed E-state index contributed by atoms with van der Waals surface area (Å²) in [5, 5.41) is 2.41. The van der Waals surface area contributed by atoms with Crippen LogP contribution in [-0.4, -0.2) is 41.2 Å². The molecule has 2 aromatic rings. The maximum atomic E-state index is 13.8. The van der Waals surface area contributed by atoms with Crippen LogP contribution in [0.5, 0.6) is 0 Å². The fourth-order valence-electron chi connectivity index (χ4n) is 3.07. The maximum absolute atomic E-state index is 13.8. The number of nitrogens with zero attached hydrogens (tertiary/aromatic N) is 2. The van der Waals surface area contributed by atoms with Crippen LogP contribution >= 0.6 is 0 Å². The number of carbonyl (C=O) groups excluding carboxylic acids is 3. The molecular weight excluding hydrogens is 387 g/mol. The van der Waals surface area contributed by atoms with E-state index in [9.17, 15) is 27.6 Å². The standard InChI is InChI=1S/C20H18F3N3O3/c1-20(13-7-8-15(22)16(23)9-13)18(28)26(19(29)24-20)11-17(27)25(2)10-12-5-3-4-6-14(12)21/h3-9H,10-11H2,1-2H3,(H,24,29). The number of carbonyl (C=O) groups is 3. The van der Waals surface area contributed by atoms with Gasteiger partial charge in [-0.25, -0.2) is 18.0 Å². The van der Waals surface area contributed by atoms with E-state index < -0.39 is 47.4 Å². The molecule has 29 heavy (non-hydrogen) atoms. The first-order chi connectivity index (χ1) is 13.6. The Morgan fingerprint density at radius 3 is 2.41 bits per heavy atom. The lowest BCUT2D eigenvalue weighted by Crippen LogP contribution is -2.43. The molecule has 2 aromatic carbocycles. The van der Waals surface area contributed by atoms with Crippen LogP contribution in [0, 0.1) is 17.5 Å². The summed E-state index contributed by atoms with van der Waals surface area (Å²) in [4.78, 5) is 39.4. The fourth-order valence-corrected chi connectivity index (χ4v) is 3.07. The molecule has 1 fully saturated rings. The second-order valence-corrected chi connectivity index (χ2v) is 6.92. The molecule has 6 nitrogen and oxygen atoms in total. The van der Waals surface area contributed by atoms with Crippen molar-refractivity contribution in [1.29, 1.82) is 0 Å². The van der Waals surface area contributed by atoms with Crippen LogP contribution in [0.1, 0.15) is 18.1 Å². The van der Waals surface area contributed by atoms with Crippen molar-refractivity contribution in [2.24, 2.45) is 0 Å². The normalized spacial score (nSPS) is 18.7. The molecule has 152 valence electrons. The summed E-state index contributed by atoms with van der Waals surface area (Å²) in [5.41, 5.74) is -1.31. The van der Waals surface area contributed by atoms with Crippen molar-refractivity contribution in [3.05, 3.63) is 71.0 Å². The number of benzene rings is 2. The predicted molar refractivity (Wildman–Crippen MR) is 96.8 cm³/mol. The Labute approximate surface area is 164 Å². The average molecular weight is 405 g/mol. The maximum Gasteiger partial charge on any atom is 0.325 e. The summed E-state index contributed by atoms with van der Waals surface area (Å²) in [6.07, 6.45) is 0. The summed E-state index contributed by atoms with van der Waals surface area (Å²) in [6.45, 7) is 0.720. The summed E-state index contributed by atoms with van der Waals surface area (Å²) >= 11 is 0. The van der Waals surface area contributed by atoms with E-state index in [0.29, 0.717) is 4.90 Å². The predicted octanol–water partition coefficient (Wildman–Crippen LogP) is 2.53. The molecule has 9 heteroatoms. The first-order valence-electron chi connectivity index (χ1n) is 8.70. The van der Waals surface area contributed by atoms with Gasteiger partial charge in [0.1, 0.15) is 17.9 Å². The molecule has 1 N–H and O–H groups in total. The molecule has 0 aliphatic carbocycles. The molecule has 3 rings (SSSR count). The van der Waals surface area contributed by atoms with Gasteiger partial charge in [0, 0.05) is 19.2 Å². The van der Waals surface area contributed by atoms with Crippen molar-refractivity contribution >= 4 is 17.8 Å². The molecule has 0 radical (unpaired) electrons. The monoisotopic (exact) mass is 405 g/mol. The largest absolute Gasteiger partial charge is 0.340 e. The van der Waals surface area contributed by atoms with Crippen LogP contribution in [0.15, 0.2) is 42.5 Å². The van der Waals surface area contributed by atoms with Crippen molar-refractivity contribution in [2.75, 3.05) is 13.6 Å². The first kappa shape index (κ1) is 20.4. The zero-order valence-electron chi connectivity index (χ0n) is 15.7. The van der Waals surface area contributed by atoms with Crippen LogP contribution in [0.4, 0.5) is 18.0 Å². The minimum atomic E-state index is -1.64. The first-order valence-corrected chi connectivity index (χ1v) is 8.70. The van der Waals surface area contributed by atoms with Gasteiger partial charge in [-0.3, -0.25) is 14.5 Å². The molecule has 0 aromatic heterocycles. The van der Waals surface area contributed by atoms with Crippen LogP contribution in [0.3, 0.4) is 0 Å². The second-order valence-electron chi connectivity index (χ2n) is 6.92. The molecule has 1 aliphatic heterocycles. The van der Waals surface area contributed by atoms with Crippen molar-refractivity contribution in [2.45, 2.75) is 19.0 Å². The summed E-state index contributed by atoms with van der Waals surface area (Å²) in [5.74, 6) is -4.10. The Hall–Kier alpha value is -3.36. The van der Waals surface area contributed by atoms with E-state index in [4.69, 9.17) is 0 Å². The highest BCUT2D eigenvalue weighted by atomic mass is 19.2. The van der Waals surface area contributed by atoms with Gasteiger partial charge in [0.2, 0.25) is 5.91 Å². The average Bonchev–Trinajstić information content (AvgIpc) is 2.89. The smallest absolute Gasteiger partial charge is 0.325 e. The fraction of sp³-hybridized carbons (Fsp3) is 0.250. The third-order valence-corrected chi connectivity index (χ3v) is 4.86. The highest BCUT2D eigenvalue weighted by molar-refractivity contribution is 6.09. The SMILES string of the molecule is CN(Cc1ccccc1F)C(=O)CN1C(=O)NC(C)(c2ccc(F)c(F)c2)C1=O. The Morgan fingerprint density at radius 1 is 1.07 bits per heavy atom. The lowest BCUT2D eigenvalue weighted by molar-refractivity contribution is -0.138. The summed E-state index contributed by atoms with van der Waals surface area (Å²) in [7, 11) is 1.42. The van der Waals surface area contributed by atoms with E-state index in [1.54, 1.807) is 6.07 Å². The van der Waals surface area contributed by atoms with Gasteiger partial charge in [0.25, 0.3) is 5.91 Å². The third-order valence-electron chi connectivity index (χ3n) is 4.86. The number of rotatable bonds is 5. The van der Waals surface area contributed by atoms with E-state index in [0.717, 1.165) is 12.1 Å². The number of hydrogen-bond acceptors (Lipinski definition) is 3. The number of nitrogens with one attached hydrogen (secondary N) is 1. The zero-order valence-corrected chi connectivity index (χ0v) is 15.7. The van der Waals surface area contributed by atoms with Gasteiger partial charge in [-0.05, 0) is 30.7 Å². The van der Waals surface area contributed by atoms with E-state index >= 15 is 0 Å². The van der Waals surface area contributed by atoms with Gasteiger partial charge >= 0.3 is 6.03 Å². The van der Waals surface area contributed by atoms with Gasteiger partial charge in [-0.15, -0.1) is 0 Å². The summed E-state index contributed by atoms with van der Waals surface area (Å²) < 4.78 is 40.5. The molecule has 1 aliphatic rings. The van der Waals surface area contributed by atoms with Crippen LogP contribution in [0.25, 0.3) is 0 Å². The van der Waals surface area contributed by atoms with Crippen molar-refractivity contribution in [1.82, 2.24) is 15.1 Å². The molecular formula is C20H18F3N3O3. The van der Waals surface area contributed by atoms with Crippen LogP contribution in [-0.2, 0) is 21.7 Å². The van der Waals surface area contributed by atoms with Crippen LogP contribution in [0.2, 0.25) is 0 Å². The van der Waals surface area contributed by atoms with E-state index in [1.807, 2.05) is 0 Å². The van der Waals surface area contributed by atoms with Gasteiger partial charge in [-0.1, -0.05) is 24.3 Å². The zero-order chi connectivity index (χ0) is 21.3. The number of imide groups is 1. The van der Waals surface area contributed by atoms with E-state index in [2.05, 4.69) is 5.32 Å². The molecule has 1 atom stereocenters. The van der Waals surface area contributed by atoms with Gasteiger partial charge in [0.05, 0.1) is 0 Å². The minimum Gasteiger partial charge on any atom is -0.340 e. The molecule has 0 saturated carbocycles. The van der Waals surface area contributed by atoms with Crippen LogP contribution < -0.4 is 5.32 Å². The van der Waals surface area contributed by atoms with Crippen molar-refractivity contribution < 1.29 is 27.6 Å². The van der Waals surface area contributed by atoms with E-state index in [-0.39, 0.29) is 17.7 Å². The number of likely N-dealkylation sites (N-methyl/N-ethyl adjacent to an activating group) is 1. The molecule has 1 heterocycles. The topological polar surface area (TPSA) is 69.7 Å². The number of hydrogen-bond donors (Lipinski definition) is 1. The van der Waals surface area contributed by atoms with Gasteiger partial charge < -0.3 is 10.2 Å². The van der Waals surface area contributed by atoms with E-state index in [1.165, 1.54) is 43.1 Å². The second kappa shape index (κ2) is 7.57. The molecule has 1 unspecified atom stereocenters. The molecule has 0 bridgehead atoms. The third kappa shape index (κ3) is 3.80. The highest BCUT2D eigenvalue weighted by Crippen LogP contribution is 2.29. The molecule has 4 amide bonds. The Bertz CT molecular complexity index is 998. The quantitative estimate of drug-likeness (QED) is 0.778. The van der Waals surface area contributed by atoms with Crippen molar-refractivity contribution in [3.8, 4) is 0 Å². The highest BCUT2D eigenvalue weighted by Gasteiger charge is 2.49.